The SMILES string of the molecule is CCOc1ncnc(OCCOc2ccccc2)c1N. The number of nitrogens with zero attached hydrogens (tertiary/aromatic N) is 2. The van der Waals surface area contributed by atoms with Crippen molar-refractivity contribution in [3.63, 3.8) is 0 Å². The topological polar surface area (TPSA) is 79.5 Å². The summed E-state index contributed by atoms with van der Waals surface area (Å²) in [6.07, 6.45) is 1.36. The molecule has 1 aromatic carbocycles. The number of para-hydroxylation sites is 1. The van der Waals surface area contributed by atoms with Gasteiger partial charge in [-0.05, 0) is 19.1 Å². The summed E-state index contributed by atoms with van der Waals surface area (Å²) in [6, 6.07) is 9.51. The van der Waals surface area contributed by atoms with Crippen LogP contribution in [0.4, 0.5) is 5.69 Å². The summed E-state index contributed by atoms with van der Waals surface area (Å²) in [7, 11) is 0. The first-order chi connectivity index (χ1) is 9.81. The van der Waals surface area contributed by atoms with Gasteiger partial charge in [0.1, 0.15) is 25.3 Å². The van der Waals surface area contributed by atoms with Crippen molar-refractivity contribution < 1.29 is 14.2 Å². The zero-order chi connectivity index (χ0) is 14.2. The Morgan fingerprint density at radius 1 is 0.950 bits per heavy atom. The third-order valence-corrected chi connectivity index (χ3v) is 2.43. The molecule has 0 aliphatic heterocycles. The standard InChI is InChI=1S/C14H17N3O3/c1-2-18-13-12(15)14(17-10-16-13)20-9-8-19-11-6-4-3-5-7-11/h3-7,10H,2,8-9,15H2,1H3. The van der Waals surface area contributed by atoms with Crippen LogP contribution in [0, 0.1) is 0 Å². The van der Waals surface area contributed by atoms with Crippen LogP contribution in [0.3, 0.4) is 0 Å². The predicted octanol–water partition coefficient (Wildman–Crippen LogP) is 1.92. The van der Waals surface area contributed by atoms with Crippen molar-refractivity contribution >= 4 is 5.69 Å². The fourth-order valence-electron chi connectivity index (χ4n) is 1.55. The van der Waals surface area contributed by atoms with Crippen LogP contribution in [-0.4, -0.2) is 29.8 Å². The van der Waals surface area contributed by atoms with Gasteiger partial charge < -0.3 is 19.9 Å². The number of rotatable bonds is 7. The fourth-order valence-corrected chi connectivity index (χ4v) is 1.55. The predicted molar refractivity (Wildman–Crippen MR) is 75.0 cm³/mol. The summed E-state index contributed by atoms with van der Waals surface area (Å²) in [5.41, 5.74) is 6.15. The molecule has 0 fully saturated rings. The Morgan fingerprint density at radius 2 is 1.60 bits per heavy atom. The van der Waals surface area contributed by atoms with E-state index in [2.05, 4.69) is 9.97 Å². The maximum atomic E-state index is 5.85. The average Bonchev–Trinajstić information content (AvgIpc) is 2.48. The second-order valence-electron chi connectivity index (χ2n) is 3.84. The normalized spacial score (nSPS) is 10.1. The number of hydrogen-bond donors (Lipinski definition) is 1. The average molecular weight is 275 g/mol. The minimum atomic E-state index is 0.300. The maximum absolute atomic E-state index is 5.85. The lowest BCUT2D eigenvalue weighted by molar-refractivity contribution is 0.211. The summed E-state index contributed by atoms with van der Waals surface area (Å²) in [6.45, 7) is 3.08. The third kappa shape index (κ3) is 3.74. The first-order valence-corrected chi connectivity index (χ1v) is 6.35. The molecule has 1 heterocycles. The van der Waals surface area contributed by atoms with Gasteiger partial charge in [-0.3, -0.25) is 0 Å². The number of ether oxygens (including phenoxy) is 3. The molecule has 106 valence electrons. The molecular formula is C14H17N3O3. The summed E-state index contributed by atoms with van der Waals surface area (Å²) in [5.74, 6) is 1.43. The Bertz CT molecular complexity index is 534. The zero-order valence-electron chi connectivity index (χ0n) is 11.3. The van der Waals surface area contributed by atoms with Crippen LogP contribution in [0.25, 0.3) is 0 Å². The van der Waals surface area contributed by atoms with Crippen molar-refractivity contribution in [2.24, 2.45) is 0 Å². The van der Waals surface area contributed by atoms with Gasteiger partial charge in [0.15, 0.2) is 5.69 Å². The molecule has 0 spiro atoms. The molecule has 0 aliphatic rings. The van der Waals surface area contributed by atoms with Gasteiger partial charge in [0, 0.05) is 0 Å². The first kappa shape index (κ1) is 13.9. The number of nitrogen functional groups attached to an aromatic ring is 1. The Hall–Kier alpha value is -2.50. The molecule has 2 aromatic rings. The molecule has 0 amide bonds. The van der Waals surface area contributed by atoms with E-state index < -0.39 is 0 Å². The van der Waals surface area contributed by atoms with Crippen LogP contribution in [0.2, 0.25) is 0 Å². The summed E-state index contributed by atoms with van der Waals surface area (Å²) in [5, 5.41) is 0. The fraction of sp³-hybridized carbons (Fsp3) is 0.286. The highest BCUT2D eigenvalue weighted by Crippen LogP contribution is 2.26. The van der Waals surface area contributed by atoms with Crippen molar-refractivity contribution in [3.8, 4) is 17.5 Å². The Kier molecular flexibility index (Phi) is 5.00. The van der Waals surface area contributed by atoms with Crippen LogP contribution in [-0.2, 0) is 0 Å². The monoisotopic (exact) mass is 275 g/mol. The van der Waals surface area contributed by atoms with Crippen molar-refractivity contribution in [1.82, 2.24) is 9.97 Å². The third-order valence-electron chi connectivity index (χ3n) is 2.43. The van der Waals surface area contributed by atoms with Crippen LogP contribution in [0.5, 0.6) is 17.5 Å². The summed E-state index contributed by atoms with van der Waals surface area (Å²) >= 11 is 0. The van der Waals surface area contributed by atoms with Gasteiger partial charge in [-0.2, -0.15) is 9.97 Å². The number of benzene rings is 1. The van der Waals surface area contributed by atoms with Gasteiger partial charge in [-0.15, -0.1) is 0 Å². The van der Waals surface area contributed by atoms with E-state index >= 15 is 0 Å². The highest BCUT2D eigenvalue weighted by Gasteiger charge is 2.09. The van der Waals surface area contributed by atoms with E-state index in [-0.39, 0.29) is 0 Å². The molecule has 0 unspecified atom stereocenters. The molecule has 6 nitrogen and oxygen atoms in total. The molecule has 20 heavy (non-hydrogen) atoms. The molecular weight excluding hydrogens is 258 g/mol. The van der Waals surface area contributed by atoms with E-state index in [1.807, 2.05) is 37.3 Å². The van der Waals surface area contributed by atoms with Gasteiger partial charge in [0.05, 0.1) is 6.61 Å². The minimum absolute atomic E-state index is 0.300. The lowest BCUT2D eigenvalue weighted by Gasteiger charge is -2.11. The maximum Gasteiger partial charge on any atom is 0.244 e. The van der Waals surface area contributed by atoms with E-state index in [0.717, 1.165) is 5.75 Å². The first-order valence-electron chi connectivity index (χ1n) is 6.35. The quantitative estimate of drug-likeness (QED) is 0.778. The van der Waals surface area contributed by atoms with E-state index in [0.29, 0.717) is 37.3 Å². The highest BCUT2D eigenvalue weighted by atomic mass is 16.5. The molecule has 2 rings (SSSR count). The van der Waals surface area contributed by atoms with Crippen molar-refractivity contribution in [2.45, 2.75) is 6.92 Å². The zero-order valence-corrected chi connectivity index (χ0v) is 11.3. The van der Waals surface area contributed by atoms with Crippen molar-refractivity contribution in [3.05, 3.63) is 36.7 Å². The van der Waals surface area contributed by atoms with Crippen LogP contribution < -0.4 is 19.9 Å². The van der Waals surface area contributed by atoms with Gasteiger partial charge >= 0.3 is 0 Å². The largest absolute Gasteiger partial charge is 0.490 e. The number of anilines is 1. The summed E-state index contributed by atoms with van der Waals surface area (Å²) in [4.78, 5) is 7.91. The van der Waals surface area contributed by atoms with E-state index in [4.69, 9.17) is 19.9 Å². The van der Waals surface area contributed by atoms with Gasteiger partial charge in [-0.1, -0.05) is 18.2 Å². The van der Waals surface area contributed by atoms with Crippen LogP contribution in [0.15, 0.2) is 36.7 Å². The minimum Gasteiger partial charge on any atom is -0.490 e. The molecule has 0 saturated heterocycles. The van der Waals surface area contributed by atoms with Crippen molar-refractivity contribution in [1.29, 1.82) is 0 Å². The molecule has 1 aromatic heterocycles. The summed E-state index contributed by atoms with van der Waals surface area (Å²) < 4.78 is 16.2. The Balaban J connectivity index is 1.83. The van der Waals surface area contributed by atoms with Crippen LogP contribution >= 0.6 is 0 Å². The molecule has 2 N–H and O–H groups in total. The molecule has 0 bridgehead atoms. The smallest absolute Gasteiger partial charge is 0.244 e. The van der Waals surface area contributed by atoms with Gasteiger partial charge in [0.2, 0.25) is 11.8 Å². The lowest BCUT2D eigenvalue weighted by Crippen LogP contribution is -2.11. The van der Waals surface area contributed by atoms with E-state index in [9.17, 15) is 0 Å². The van der Waals surface area contributed by atoms with Crippen molar-refractivity contribution in [2.75, 3.05) is 25.6 Å². The number of nitrogens with two attached hydrogens (primary N) is 1. The molecule has 0 radical (unpaired) electrons. The lowest BCUT2D eigenvalue weighted by atomic mass is 10.3. The highest BCUT2D eigenvalue weighted by molar-refractivity contribution is 5.55. The Labute approximate surface area is 117 Å². The van der Waals surface area contributed by atoms with Gasteiger partial charge in [0.25, 0.3) is 0 Å². The molecule has 0 saturated carbocycles. The second-order valence-corrected chi connectivity index (χ2v) is 3.84. The number of hydrogen-bond acceptors (Lipinski definition) is 6. The molecule has 0 aliphatic carbocycles. The Morgan fingerprint density at radius 3 is 2.30 bits per heavy atom. The van der Waals surface area contributed by atoms with Gasteiger partial charge in [-0.25, -0.2) is 0 Å². The van der Waals surface area contributed by atoms with E-state index in [1.54, 1.807) is 0 Å². The molecule has 6 heteroatoms. The molecule has 0 atom stereocenters. The second kappa shape index (κ2) is 7.18. The number of aromatic nitrogens is 2. The van der Waals surface area contributed by atoms with E-state index in [1.165, 1.54) is 6.33 Å². The van der Waals surface area contributed by atoms with Crippen LogP contribution in [0.1, 0.15) is 6.92 Å².